The first-order chi connectivity index (χ1) is 23.2. The summed E-state index contributed by atoms with van der Waals surface area (Å²) >= 11 is 3.60. The highest BCUT2D eigenvalue weighted by Gasteiger charge is 2.21. The van der Waals surface area contributed by atoms with Crippen molar-refractivity contribution in [3.63, 3.8) is 0 Å². The standard InChI is InChI=1S/C42H28N2OS2/c1-3-4-15-36-26(2)40-35(14-8-16-37(40)45-36)44(29-22-23-39-34(25-29)31-10-5-6-17-38(31)46-39)28-20-18-27(19-21-28)30-11-7-12-32-33-13-9-24-43-42(33)47-41(30)32/h3-25H,1H2,2H3/b15-4-. The van der Waals surface area contributed by atoms with Crippen molar-refractivity contribution in [3.8, 4) is 11.1 Å². The Labute approximate surface area is 280 Å². The number of hydrogen-bond donors (Lipinski definition) is 0. The molecule has 0 unspecified atom stereocenters. The lowest BCUT2D eigenvalue weighted by Gasteiger charge is -2.27. The monoisotopic (exact) mass is 640 g/mol. The van der Waals surface area contributed by atoms with Crippen molar-refractivity contribution in [3.05, 3.63) is 152 Å². The van der Waals surface area contributed by atoms with Gasteiger partial charge in [0.1, 0.15) is 16.2 Å². The van der Waals surface area contributed by atoms with E-state index in [1.807, 2.05) is 35.8 Å². The Kier molecular flexibility index (Phi) is 6.56. The summed E-state index contributed by atoms with van der Waals surface area (Å²) in [5, 5.41) is 6.10. The van der Waals surface area contributed by atoms with Crippen molar-refractivity contribution >= 4 is 97.3 Å². The van der Waals surface area contributed by atoms with Gasteiger partial charge in [0.05, 0.1) is 5.69 Å². The second-order valence-electron chi connectivity index (χ2n) is 11.6. The SMILES string of the molecule is C=C/C=C\c1oc2cccc(N(c3ccc(-c4cccc5c4sc4ncccc45)cc3)c3ccc4sc5ccccc5c4c3)c2c1C. The summed E-state index contributed by atoms with van der Waals surface area (Å²) in [6.45, 7) is 5.98. The van der Waals surface area contributed by atoms with Gasteiger partial charge in [-0.25, -0.2) is 4.98 Å². The summed E-state index contributed by atoms with van der Waals surface area (Å²) in [5.74, 6) is 0.841. The summed E-state index contributed by atoms with van der Waals surface area (Å²) in [6.07, 6.45) is 7.55. The highest BCUT2D eigenvalue weighted by molar-refractivity contribution is 7.26. The van der Waals surface area contributed by atoms with E-state index in [0.717, 1.165) is 44.2 Å². The molecule has 5 aromatic carbocycles. The average Bonchev–Trinajstić information content (AvgIpc) is 3.79. The molecule has 0 spiro atoms. The van der Waals surface area contributed by atoms with Gasteiger partial charge in [-0.15, -0.1) is 22.7 Å². The third-order valence-electron chi connectivity index (χ3n) is 8.92. The normalized spacial score (nSPS) is 11.9. The van der Waals surface area contributed by atoms with Gasteiger partial charge in [-0.3, -0.25) is 0 Å². The molecule has 0 bridgehead atoms. The minimum Gasteiger partial charge on any atom is -0.456 e. The second kappa shape index (κ2) is 11.1. The Morgan fingerprint density at radius 2 is 1.51 bits per heavy atom. The van der Waals surface area contributed by atoms with Gasteiger partial charge < -0.3 is 9.32 Å². The van der Waals surface area contributed by atoms with Crippen molar-refractivity contribution in [2.75, 3.05) is 4.90 Å². The van der Waals surface area contributed by atoms with Crippen LogP contribution in [0.1, 0.15) is 11.3 Å². The fraction of sp³-hybridized carbons (Fsp3) is 0.0238. The van der Waals surface area contributed by atoms with E-state index in [4.69, 9.17) is 4.42 Å². The first kappa shape index (κ1) is 27.8. The van der Waals surface area contributed by atoms with Gasteiger partial charge in [-0.2, -0.15) is 0 Å². The van der Waals surface area contributed by atoms with Crippen LogP contribution in [0.5, 0.6) is 0 Å². The Bertz CT molecular complexity index is 2670. The van der Waals surface area contributed by atoms with E-state index in [1.165, 1.54) is 46.8 Å². The second-order valence-corrected chi connectivity index (χ2v) is 13.7. The number of thiophene rings is 2. The van der Waals surface area contributed by atoms with E-state index < -0.39 is 0 Å². The first-order valence-electron chi connectivity index (χ1n) is 15.6. The van der Waals surface area contributed by atoms with Crippen LogP contribution in [0.15, 0.2) is 145 Å². The predicted molar refractivity (Wildman–Crippen MR) is 204 cm³/mol. The highest BCUT2D eigenvalue weighted by Crippen LogP contribution is 2.45. The van der Waals surface area contributed by atoms with Gasteiger partial charge in [0.25, 0.3) is 0 Å². The number of rotatable bonds is 6. The van der Waals surface area contributed by atoms with Crippen molar-refractivity contribution in [1.82, 2.24) is 4.98 Å². The van der Waals surface area contributed by atoms with Crippen LogP contribution in [0, 0.1) is 6.92 Å². The number of pyridine rings is 1. The number of fused-ring (bicyclic) bond motifs is 7. The van der Waals surface area contributed by atoms with Gasteiger partial charge in [0.2, 0.25) is 0 Å². The molecule has 5 heteroatoms. The molecule has 0 radical (unpaired) electrons. The largest absolute Gasteiger partial charge is 0.456 e. The van der Waals surface area contributed by atoms with Crippen LogP contribution >= 0.6 is 22.7 Å². The van der Waals surface area contributed by atoms with Gasteiger partial charge in [-0.1, -0.05) is 73.3 Å². The number of aryl methyl sites for hydroxylation is 1. The minimum absolute atomic E-state index is 0.841. The Hall–Kier alpha value is -5.49. The molecule has 0 N–H and O–H groups in total. The van der Waals surface area contributed by atoms with Crippen LogP contribution in [0.2, 0.25) is 0 Å². The number of nitrogens with zero attached hydrogens (tertiary/aromatic N) is 2. The van der Waals surface area contributed by atoms with Crippen molar-refractivity contribution in [2.45, 2.75) is 6.92 Å². The maximum Gasteiger partial charge on any atom is 0.137 e. The minimum atomic E-state index is 0.841. The molecule has 0 fully saturated rings. The molecule has 0 aliphatic rings. The van der Waals surface area contributed by atoms with Crippen molar-refractivity contribution in [1.29, 1.82) is 0 Å². The summed E-state index contributed by atoms with van der Waals surface area (Å²) in [4.78, 5) is 8.08. The molecular weight excluding hydrogens is 613 g/mol. The van der Waals surface area contributed by atoms with E-state index in [-0.39, 0.29) is 0 Å². The van der Waals surface area contributed by atoms with Gasteiger partial charge in [-0.05, 0) is 84.8 Å². The third-order valence-corrected chi connectivity index (χ3v) is 11.2. The Balaban J connectivity index is 1.24. The molecule has 4 heterocycles. The maximum absolute atomic E-state index is 6.36. The predicted octanol–water partition coefficient (Wildman–Crippen LogP) is 13.2. The zero-order chi connectivity index (χ0) is 31.5. The van der Waals surface area contributed by atoms with Gasteiger partial charge in [0, 0.05) is 64.2 Å². The number of anilines is 3. The summed E-state index contributed by atoms with van der Waals surface area (Å²) in [7, 11) is 0. The smallest absolute Gasteiger partial charge is 0.137 e. The lowest BCUT2D eigenvalue weighted by atomic mass is 10.0. The Morgan fingerprint density at radius 1 is 0.723 bits per heavy atom. The number of hydrogen-bond acceptors (Lipinski definition) is 5. The van der Waals surface area contributed by atoms with E-state index in [1.54, 1.807) is 17.4 Å². The van der Waals surface area contributed by atoms with Crippen LogP contribution in [0.4, 0.5) is 17.1 Å². The zero-order valence-corrected chi connectivity index (χ0v) is 27.2. The molecule has 0 atom stereocenters. The zero-order valence-electron chi connectivity index (χ0n) is 25.6. The lowest BCUT2D eigenvalue weighted by molar-refractivity contribution is 0.601. The molecule has 4 aromatic heterocycles. The fourth-order valence-electron chi connectivity index (χ4n) is 6.73. The molecule has 0 aliphatic carbocycles. The molecule has 9 rings (SSSR count). The van der Waals surface area contributed by atoms with Crippen LogP contribution in [-0.4, -0.2) is 4.98 Å². The Morgan fingerprint density at radius 3 is 2.40 bits per heavy atom. The molecule has 0 amide bonds. The summed E-state index contributed by atoms with van der Waals surface area (Å²) < 4.78 is 10.2. The highest BCUT2D eigenvalue weighted by atomic mass is 32.1. The van der Waals surface area contributed by atoms with E-state index in [2.05, 4.69) is 133 Å². The molecule has 0 aliphatic heterocycles. The maximum atomic E-state index is 6.36. The van der Waals surface area contributed by atoms with E-state index >= 15 is 0 Å². The van der Waals surface area contributed by atoms with Crippen LogP contribution in [0.3, 0.4) is 0 Å². The first-order valence-corrected chi connectivity index (χ1v) is 17.2. The molecule has 0 saturated heterocycles. The molecule has 0 saturated carbocycles. The number of allylic oxidation sites excluding steroid dienone is 2. The molecule has 3 nitrogen and oxygen atoms in total. The number of benzene rings is 5. The van der Waals surface area contributed by atoms with Crippen molar-refractivity contribution < 1.29 is 4.42 Å². The molecular formula is C42H28N2OS2. The summed E-state index contributed by atoms with van der Waals surface area (Å²) in [5.41, 5.74) is 7.61. The molecule has 9 aromatic rings. The topological polar surface area (TPSA) is 29.3 Å². The summed E-state index contributed by atoms with van der Waals surface area (Å²) in [6, 6.07) is 41.5. The lowest BCUT2D eigenvalue weighted by Crippen LogP contribution is -2.10. The van der Waals surface area contributed by atoms with E-state index in [0.29, 0.717) is 0 Å². The number of furan rings is 1. The van der Waals surface area contributed by atoms with Gasteiger partial charge in [0.15, 0.2) is 0 Å². The molecule has 224 valence electrons. The van der Waals surface area contributed by atoms with E-state index in [9.17, 15) is 0 Å². The van der Waals surface area contributed by atoms with Crippen LogP contribution < -0.4 is 4.90 Å². The van der Waals surface area contributed by atoms with Crippen molar-refractivity contribution in [2.24, 2.45) is 0 Å². The quantitative estimate of drug-likeness (QED) is 0.169. The number of aromatic nitrogens is 1. The van der Waals surface area contributed by atoms with Crippen LogP contribution in [-0.2, 0) is 0 Å². The fourth-order valence-corrected chi connectivity index (χ4v) is 9.00. The third kappa shape index (κ3) is 4.50. The average molecular weight is 641 g/mol. The molecule has 47 heavy (non-hydrogen) atoms. The van der Waals surface area contributed by atoms with Gasteiger partial charge >= 0.3 is 0 Å². The van der Waals surface area contributed by atoms with Crippen LogP contribution in [0.25, 0.3) is 68.6 Å².